The Hall–Kier alpha value is -1.65. The number of rotatable bonds is 6. The molecule has 1 aromatic heterocycles. The highest BCUT2D eigenvalue weighted by molar-refractivity contribution is 5.63. The second-order valence-electron chi connectivity index (χ2n) is 6.38. The lowest BCUT2D eigenvalue weighted by Gasteiger charge is -2.18. The van der Waals surface area contributed by atoms with Gasteiger partial charge in [0.05, 0.1) is 18.0 Å². The fourth-order valence-electron chi connectivity index (χ4n) is 3.36. The molecule has 1 aliphatic rings. The molecular weight excluding hydrogens is 274 g/mol. The average molecular weight is 299 g/mol. The normalized spacial score (nSPS) is 17.0. The maximum atomic E-state index is 10.2. The van der Waals surface area contributed by atoms with Crippen molar-refractivity contribution in [2.45, 2.75) is 45.3 Å². The third-order valence-corrected chi connectivity index (χ3v) is 4.64. The first-order chi connectivity index (χ1) is 10.7. The summed E-state index contributed by atoms with van der Waals surface area (Å²) in [6.07, 6.45) is 6.51. The topological polar surface area (TPSA) is 60.9 Å². The van der Waals surface area contributed by atoms with Crippen LogP contribution in [0.15, 0.2) is 30.5 Å². The molecule has 0 saturated heterocycles. The van der Waals surface area contributed by atoms with E-state index in [4.69, 9.17) is 0 Å². The highest BCUT2D eigenvalue weighted by Crippen LogP contribution is 2.27. The van der Waals surface area contributed by atoms with E-state index in [1.165, 1.54) is 31.2 Å². The number of aliphatic hydroxyl groups is 1. The summed E-state index contributed by atoms with van der Waals surface area (Å²) in [6, 6.07) is 8.41. The lowest BCUT2D eigenvalue weighted by molar-refractivity contribution is 0.109. The molecule has 0 aliphatic heterocycles. The van der Waals surface area contributed by atoms with Gasteiger partial charge in [0.2, 0.25) is 0 Å². The van der Waals surface area contributed by atoms with Crippen molar-refractivity contribution in [3.05, 3.63) is 41.6 Å². The molecule has 0 spiro atoms. The molecular formula is C18H25N3O. The summed E-state index contributed by atoms with van der Waals surface area (Å²) in [5.41, 5.74) is 4.60. The van der Waals surface area contributed by atoms with Crippen molar-refractivity contribution in [3.8, 4) is 11.3 Å². The van der Waals surface area contributed by atoms with Crippen molar-refractivity contribution in [2.75, 3.05) is 6.54 Å². The quantitative estimate of drug-likeness (QED) is 0.768. The Morgan fingerprint density at radius 1 is 1.36 bits per heavy atom. The number of nitrogens with one attached hydrogen (secondary N) is 2. The Kier molecular flexibility index (Phi) is 4.90. The number of aromatic nitrogens is 2. The number of hydrogen-bond acceptors (Lipinski definition) is 3. The van der Waals surface area contributed by atoms with Gasteiger partial charge in [-0.05, 0) is 31.7 Å². The van der Waals surface area contributed by atoms with Gasteiger partial charge in [0.15, 0.2) is 0 Å². The molecule has 118 valence electrons. The fourth-order valence-corrected chi connectivity index (χ4v) is 3.36. The van der Waals surface area contributed by atoms with Crippen molar-refractivity contribution in [3.63, 3.8) is 0 Å². The van der Waals surface area contributed by atoms with Crippen LogP contribution in [0.3, 0.4) is 0 Å². The molecule has 4 heteroatoms. The highest BCUT2D eigenvalue weighted by Gasteiger charge is 2.22. The van der Waals surface area contributed by atoms with Crippen LogP contribution in [0.2, 0.25) is 0 Å². The van der Waals surface area contributed by atoms with Gasteiger partial charge >= 0.3 is 0 Å². The molecule has 22 heavy (non-hydrogen) atoms. The third-order valence-electron chi connectivity index (χ3n) is 4.64. The summed E-state index contributed by atoms with van der Waals surface area (Å²) in [7, 11) is 0. The van der Waals surface area contributed by atoms with E-state index < -0.39 is 0 Å². The van der Waals surface area contributed by atoms with Crippen LogP contribution in [-0.2, 0) is 6.54 Å². The van der Waals surface area contributed by atoms with Gasteiger partial charge in [0.25, 0.3) is 0 Å². The summed E-state index contributed by atoms with van der Waals surface area (Å²) in [4.78, 5) is 0. The molecule has 1 aromatic carbocycles. The van der Waals surface area contributed by atoms with Crippen LogP contribution in [0, 0.1) is 12.8 Å². The fraction of sp³-hybridized carbons (Fsp3) is 0.500. The van der Waals surface area contributed by atoms with Gasteiger partial charge in [-0.25, -0.2) is 0 Å². The van der Waals surface area contributed by atoms with Gasteiger partial charge < -0.3 is 10.4 Å². The Morgan fingerprint density at radius 2 is 2.18 bits per heavy atom. The van der Waals surface area contributed by atoms with Gasteiger partial charge in [-0.15, -0.1) is 0 Å². The molecule has 0 bridgehead atoms. The molecule has 1 atom stereocenters. The number of aromatic amines is 1. The number of H-pyrrole nitrogens is 1. The van der Waals surface area contributed by atoms with Crippen LogP contribution >= 0.6 is 0 Å². The number of benzene rings is 1. The summed E-state index contributed by atoms with van der Waals surface area (Å²) >= 11 is 0. The molecule has 0 amide bonds. The Balaban J connectivity index is 1.58. The minimum atomic E-state index is -0.225. The molecule has 1 saturated carbocycles. The molecule has 4 nitrogen and oxygen atoms in total. The van der Waals surface area contributed by atoms with Gasteiger partial charge in [0, 0.05) is 24.2 Å². The maximum absolute atomic E-state index is 10.2. The van der Waals surface area contributed by atoms with Crippen molar-refractivity contribution >= 4 is 0 Å². The minimum absolute atomic E-state index is 0.225. The van der Waals surface area contributed by atoms with Gasteiger partial charge in [-0.3, -0.25) is 5.10 Å². The van der Waals surface area contributed by atoms with E-state index in [9.17, 15) is 5.11 Å². The van der Waals surface area contributed by atoms with Crippen LogP contribution in [0.4, 0.5) is 0 Å². The number of aliphatic hydroxyl groups excluding tert-OH is 1. The number of hydrogen-bond donors (Lipinski definition) is 3. The van der Waals surface area contributed by atoms with E-state index >= 15 is 0 Å². The molecule has 1 aliphatic carbocycles. The standard InChI is InChI=1S/C18H25N3O/c1-13-5-4-8-15(9-13)18-16(11-20-21-18)10-19-12-17(22)14-6-2-3-7-14/h4-5,8-9,11,14,17,19,22H,2-3,6-7,10,12H2,1H3,(H,20,21). The van der Waals surface area contributed by atoms with Gasteiger partial charge in [-0.1, -0.05) is 36.6 Å². The summed E-state index contributed by atoms with van der Waals surface area (Å²) in [6.45, 7) is 3.47. The van der Waals surface area contributed by atoms with E-state index in [1.54, 1.807) is 0 Å². The van der Waals surface area contributed by atoms with E-state index in [0.717, 1.165) is 23.4 Å². The summed E-state index contributed by atoms with van der Waals surface area (Å²) in [5.74, 6) is 0.480. The minimum Gasteiger partial charge on any atom is -0.392 e. The second kappa shape index (κ2) is 7.07. The lowest BCUT2D eigenvalue weighted by Crippen LogP contribution is -2.31. The predicted molar refractivity (Wildman–Crippen MR) is 88.4 cm³/mol. The first kappa shape index (κ1) is 15.3. The monoisotopic (exact) mass is 299 g/mol. The smallest absolute Gasteiger partial charge is 0.0695 e. The largest absolute Gasteiger partial charge is 0.392 e. The molecule has 3 N–H and O–H groups in total. The predicted octanol–water partition coefficient (Wildman–Crippen LogP) is 3.03. The Labute approximate surface area is 132 Å². The SMILES string of the molecule is Cc1cccc(-c2[nH]ncc2CNCC(O)C2CCCC2)c1. The van der Waals surface area contributed by atoms with Crippen molar-refractivity contribution in [1.29, 1.82) is 0 Å². The van der Waals surface area contributed by atoms with Gasteiger partial charge in [-0.2, -0.15) is 5.10 Å². The first-order valence-electron chi connectivity index (χ1n) is 8.22. The maximum Gasteiger partial charge on any atom is 0.0695 e. The zero-order valence-corrected chi connectivity index (χ0v) is 13.2. The number of nitrogens with zero attached hydrogens (tertiary/aromatic N) is 1. The van der Waals surface area contributed by atoms with Crippen molar-refractivity contribution in [2.24, 2.45) is 5.92 Å². The van der Waals surface area contributed by atoms with Crippen LogP contribution in [0.1, 0.15) is 36.8 Å². The van der Waals surface area contributed by atoms with E-state index in [2.05, 4.69) is 46.7 Å². The second-order valence-corrected chi connectivity index (χ2v) is 6.38. The Bertz CT molecular complexity index is 602. The number of aryl methyl sites for hydroxylation is 1. The molecule has 2 aromatic rings. The van der Waals surface area contributed by atoms with E-state index in [0.29, 0.717) is 12.5 Å². The van der Waals surface area contributed by atoms with Gasteiger partial charge in [0.1, 0.15) is 0 Å². The summed E-state index contributed by atoms with van der Waals surface area (Å²) in [5, 5.41) is 20.9. The Morgan fingerprint density at radius 3 is 2.95 bits per heavy atom. The molecule has 3 rings (SSSR count). The van der Waals surface area contributed by atoms with Crippen molar-refractivity contribution in [1.82, 2.24) is 15.5 Å². The average Bonchev–Trinajstić information content (AvgIpc) is 3.19. The third kappa shape index (κ3) is 3.57. The first-order valence-corrected chi connectivity index (χ1v) is 8.22. The van der Waals surface area contributed by atoms with Crippen molar-refractivity contribution < 1.29 is 5.11 Å². The zero-order chi connectivity index (χ0) is 15.4. The molecule has 1 fully saturated rings. The van der Waals surface area contributed by atoms with E-state index in [-0.39, 0.29) is 6.10 Å². The van der Waals surface area contributed by atoms with Crippen LogP contribution < -0.4 is 5.32 Å². The molecule has 0 radical (unpaired) electrons. The highest BCUT2D eigenvalue weighted by atomic mass is 16.3. The molecule has 1 heterocycles. The van der Waals surface area contributed by atoms with E-state index in [1.807, 2.05) is 6.20 Å². The molecule has 1 unspecified atom stereocenters. The summed E-state index contributed by atoms with van der Waals surface area (Å²) < 4.78 is 0. The van der Waals surface area contributed by atoms with Crippen LogP contribution in [0.5, 0.6) is 0 Å². The van der Waals surface area contributed by atoms with Crippen LogP contribution in [-0.4, -0.2) is 28.0 Å². The van der Waals surface area contributed by atoms with Crippen LogP contribution in [0.25, 0.3) is 11.3 Å². The lowest BCUT2D eigenvalue weighted by atomic mass is 10.0. The zero-order valence-electron chi connectivity index (χ0n) is 13.2.